The second kappa shape index (κ2) is 28.2. The molecule has 35 heteroatoms. The van der Waals surface area contributed by atoms with Crippen LogP contribution in [0.3, 0.4) is 0 Å². The Morgan fingerprint density at radius 3 is 1.61 bits per heavy atom. The zero-order chi connectivity index (χ0) is 57.4. The summed E-state index contributed by atoms with van der Waals surface area (Å²) in [5, 5.41) is 8.36. The van der Waals surface area contributed by atoms with Crippen molar-refractivity contribution in [2.45, 2.75) is 70.9 Å². The number of carboxylic acids is 1. The summed E-state index contributed by atoms with van der Waals surface area (Å²) in [5.41, 5.74) is -2.18. The molecule has 7 rings (SSSR count). The van der Waals surface area contributed by atoms with E-state index in [0.717, 1.165) is 30.3 Å². The van der Waals surface area contributed by atoms with Crippen molar-refractivity contribution in [1.29, 1.82) is 0 Å². The first kappa shape index (κ1) is 77.1. The van der Waals surface area contributed by atoms with E-state index in [0.29, 0.717) is 12.1 Å². The van der Waals surface area contributed by atoms with Crippen molar-refractivity contribution in [1.82, 2.24) is 0 Å². The Morgan fingerprint density at radius 1 is 0.622 bits per heavy atom. The predicted octanol–water partition coefficient (Wildman–Crippen LogP) is -11.2. The SMILES string of the molecule is CC1(C)C(/C(=C/C=C\C=C2\N(CCCS(=O)(=O)[O-])c3ccc4c(S(=O)(=O)[O-])cc(S(=O)(=O)[O-])cc4c3C2(C)C)c2cc(F)cc(OCC(=O)O)c2)=[N+](CCCS(=O)(=O)[O-])c2ccc3c(S(=O)(=O)[O-])cc(S(=O)(=O)[O-])cc3c21.[Na+].[Na+].[Na+].[Na+].[Na+]. The molecule has 5 aromatic rings. The van der Waals surface area contributed by atoms with E-state index in [9.17, 15) is 87.7 Å². The minimum Gasteiger partial charge on any atom is -0.748 e. The van der Waals surface area contributed by atoms with Crippen molar-refractivity contribution < 1.29 is 249 Å². The fourth-order valence-electron chi connectivity index (χ4n) is 9.97. The van der Waals surface area contributed by atoms with Gasteiger partial charge in [0.2, 0.25) is 5.69 Å². The van der Waals surface area contributed by atoms with Gasteiger partial charge in [-0.05, 0) is 108 Å². The average molecular weight is 1300 g/mol. The molecule has 0 saturated carbocycles. The summed E-state index contributed by atoms with van der Waals surface area (Å²) < 4.78 is 244. The van der Waals surface area contributed by atoms with Gasteiger partial charge in [0.25, 0.3) is 0 Å². The quantitative estimate of drug-likeness (QED) is 0.0347. The Balaban J connectivity index is 0.00000459. The number of hydrogen-bond donors (Lipinski definition) is 1. The molecule has 2 heterocycles. The van der Waals surface area contributed by atoms with Crippen LogP contribution in [-0.4, -0.2) is 130 Å². The number of fused-ring (bicyclic) bond motifs is 6. The van der Waals surface area contributed by atoms with Gasteiger partial charge in [-0.15, -0.1) is 0 Å². The summed E-state index contributed by atoms with van der Waals surface area (Å²) >= 11 is 0. The van der Waals surface area contributed by atoms with Crippen LogP contribution in [0.15, 0.2) is 116 Å². The van der Waals surface area contributed by atoms with Gasteiger partial charge >= 0.3 is 154 Å². The largest absolute Gasteiger partial charge is 1.00 e. The van der Waals surface area contributed by atoms with Crippen molar-refractivity contribution in [3.8, 4) is 5.75 Å². The molecule has 0 radical (unpaired) electrons. The maximum Gasteiger partial charge on any atom is 1.00 e. The van der Waals surface area contributed by atoms with Gasteiger partial charge in [-0.1, -0.05) is 32.1 Å². The summed E-state index contributed by atoms with van der Waals surface area (Å²) in [7, 11) is -31.5. The number of anilines is 1. The molecular weight excluding hydrogens is 1250 g/mol. The summed E-state index contributed by atoms with van der Waals surface area (Å²) in [5.74, 6) is -4.57. The summed E-state index contributed by atoms with van der Waals surface area (Å²) in [6.07, 6.45) is 4.87. The van der Waals surface area contributed by atoms with Crippen LogP contribution in [0.5, 0.6) is 5.75 Å². The number of nitrogens with zero attached hydrogens (tertiary/aromatic N) is 2. The molecule has 0 fully saturated rings. The van der Waals surface area contributed by atoms with Crippen molar-refractivity contribution in [3.63, 3.8) is 0 Å². The molecule has 414 valence electrons. The average Bonchev–Trinajstić information content (AvgIpc) is 3.63. The van der Waals surface area contributed by atoms with Gasteiger partial charge < -0.3 is 42.1 Å². The minimum absolute atomic E-state index is 0. The molecule has 0 unspecified atom stereocenters. The van der Waals surface area contributed by atoms with E-state index in [4.69, 9.17) is 4.74 Å². The zero-order valence-corrected chi connectivity index (χ0v) is 60.3. The van der Waals surface area contributed by atoms with Crippen molar-refractivity contribution >= 4 is 111 Å². The molecule has 0 aliphatic carbocycles. The zero-order valence-electron chi connectivity index (χ0n) is 45.4. The second-order valence-electron chi connectivity index (χ2n) is 18.8. The number of ether oxygens (including phenoxy) is 1. The maximum absolute atomic E-state index is 15.8. The molecule has 0 bridgehead atoms. The molecule has 23 nitrogen and oxygen atoms in total. The van der Waals surface area contributed by atoms with Gasteiger partial charge in [0.1, 0.15) is 58.6 Å². The van der Waals surface area contributed by atoms with Crippen LogP contribution in [0, 0.1) is 5.82 Å². The Bertz CT molecular complexity index is 4230. The Hall–Kier alpha value is -1.03. The first-order valence-corrected chi connectivity index (χ1v) is 31.1. The van der Waals surface area contributed by atoms with Crippen LogP contribution in [-0.2, 0) is 76.3 Å². The van der Waals surface area contributed by atoms with Crippen LogP contribution < -0.4 is 157 Å². The third-order valence-corrected chi connectivity index (χ3v) is 17.8. The van der Waals surface area contributed by atoms with Gasteiger partial charge in [-0.2, -0.15) is 4.58 Å². The standard InChI is InChI=1S/C47H47FN2O21S6.5Na/c1-46(2)41(49(15-7-17-72(53,54)55)37-13-11-33-35(43(37)46)22-30(74(59,60)61)24-39(33)76(65,66)67)10-6-5-9-32(27-19-28(48)21-29(20-27)71-26-42(51)52)45-47(3,4)44-36-23-31(75(62,63)64)25-40(77(68,69)70)34(36)12-14-38(44)50(45)16-8-18-73(56,57)58;;;;;/h5-6,9-14,19-25H,7-8,15-18,26H2,1-4H3,(H6-,51,52,53,54,55,56,57,58,59,60,61,62,63,64,65,66,67,68,69,70);;;;;/q;5*+1/p-5. The van der Waals surface area contributed by atoms with Gasteiger partial charge in [0, 0.05) is 69.9 Å². The van der Waals surface area contributed by atoms with E-state index >= 15 is 4.39 Å². The van der Waals surface area contributed by atoms with Gasteiger partial charge in [-0.3, -0.25) is 0 Å². The molecule has 0 amide bonds. The Labute approximate surface area is 583 Å². The molecule has 0 saturated heterocycles. The molecule has 1 N–H and O–H groups in total. The van der Waals surface area contributed by atoms with E-state index in [2.05, 4.69) is 0 Å². The molecular formula is C47H42FN2Na5O21S6. The van der Waals surface area contributed by atoms with Crippen LogP contribution in [0.2, 0.25) is 0 Å². The fourth-order valence-corrected chi connectivity index (χ4v) is 13.6. The number of halogens is 1. The first-order valence-electron chi connectivity index (χ1n) is 22.3. The first-order chi connectivity index (χ1) is 35.2. The number of carbonyl (C=O) groups is 1. The molecule has 0 spiro atoms. The number of aliphatic carboxylic acids is 1. The minimum atomic E-state index is -5.51. The normalized spacial score (nSPS) is 15.7. The number of carboxylic acid groups (broad SMARTS) is 1. The van der Waals surface area contributed by atoms with Crippen molar-refractivity contribution in [2.75, 3.05) is 36.1 Å². The molecule has 82 heavy (non-hydrogen) atoms. The molecule has 2 aliphatic rings. The van der Waals surface area contributed by atoms with E-state index in [1.165, 1.54) is 71.9 Å². The molecule has 0 aromatic heterocycles. The second-order valence-corrected chi connectivity index (χ2v) is 27.3. The molecule has 2 aliphatic heterocycles. The van der Waals surface area contributed by atoms with Crippen LogP contribution in [0.4, 0.5) is 15.8 Å². The van der Waals surface area contributed by atoms with Crippen molar-refractivity contribution in [2.24, 2.45) is 0 Å². The summed E-state index contributed by atoms with van der Waals surface area (Å²) in [6, 6.07) is 10.6. The third kappa shape index (κ3) is 17.2. The van der Waals surface area contributed by atoms with E-state index in [-0.39, 0.29) is 240 Å². The number of hydrogen-bond acceptors (Lipinski definition) is 21. The topological polar surface area (TPSA) is 396 Å². The summed E-state index contributed by atoms with van der Waals surface area (Å²) in [6.45, 7) is 4.67. The van der Waals surface area contributed by atoms with Gasteiger partial charge in [0.05, 0.1) is 45.2 Å². The van der Waals surface area contributed by atoms with Crippen LogP contribution in [0.25, 0.3) is 27.1 Å². The van der Waals surface area contributed by atoms with E-state index < -0.39 is 127 Å². The third-order valence-electron chi connectivity index (χ3n) is 12.8. The van der Waals surface area contributed by atoms with Gasteiger partial charge in [-0.25, -0.2) is 59.7 Å². The van der Waals surface area contributed by atoms with Crippen molar-refractivity contribution in [3.05, 3.63) is 119 Å². The molecule has 5 aromatic carbocycles. The number of allylic oxidation sites excluding steroid dienone is 6. The number of benzene rings is 5. The maximum atomic E-state index is 15.8. The monoisotopic (exact) mass is 1300 g/mol. The fraction of sp³-hybridized carbons (Fsp3) is 0.277. The Morgan fingerprint density at radius 2 is 1.12 bits per heavy atom. The van der Waals surface area contributed by atoms with E-state index in [1.807, 2.05) is 0 Å². The Kier molecular flexibility index (Phi) is 26.5. The molecule has 0 atom stereocenters. The van der Waals surface area contributed by atoms with Gasteiger partial charge in [0.15, 0.2) is 12.3 Å². The van der Waals surface area contributed by atoms with Crippen LogP contribution in [0.1, 0.15) is 57.2 Å². The van der Waals surface area contributed by atoms with E-state index in [1.54, 1.807) is 13.8 Å². The summed E-state index contributed by atoms with van der Waals surface area (Å²) in [4.78, 5) is 8.77. The smallest absolute Gasteiger partial charge is 0.748 e. The number of rotatable bonds is 19. The predicted molar refractivity (Wildman–Crippen MR) is 266 cm³/mol. The van der Waals surface area contributed by atoms with Crippen LogP contribution >= 0.6 is 0 Å².